The van der Waals surface area contributed by atoms with Crippen molar-refractivity contribution < 1.29 is 111 Å². The van der Waals surface area contributed by atoms with Crippen molar-refractivity contribution in [3.63, 3.8) is 0 Å². The SMILES string of the molecule is CCOC(=O)C[C@H](CC(C)C)C[N+](=O)[O-].CCOC(=O)C[C@H](CC(C)C)OS(=O)(=O)C(F)(F)F.CCOC(=O)C[C@H](O)CC(C)C.O=S(=O)(OS(=O)(=O)C(F)(F)F)C(F)(F)F. The molecule has 366 valence electrons. The van der Waals surface area contributed by atoms with Gasteiger partial charge in [-0.2, -0.15) is 64.8 Å². The molecule has 0 spiro atoms. The Labute approximate surface area is 348 Å². The Bertz CT molecular complexity index is 1590. The van der Waals surface area contributed by atoms with Crippen LogP contribution in [0, 0.1) is 33.8 Å². The minimum absolute atomic E-state index is 0.00583. The molecular weight excluding hydrogens is 926 g/mol. The van der Waals surface area contributed by atoms with E-state index in [1.165, 1.54) is 6.92 Å². The predicted octanol–water partition coefficient (Wildman–Crippen LogP) is 6.15. The standard InChI is InChI=1S/C10H17F3O5S.C10H19NO4.C9H18O3.C2F6O5S2/c1-4-17-9(14)6-8(5-7(2)3)18-19(15,16)10(11,12)13;1-4-15-10(12)6-9(5-8(2)3)7-11(13)14;1-4-12-9(11)6-8(10)5-7(2)3;3-1(4,5)14(9,10)13-15(11,12)2(6,7)8/h7-8H,4-6H2,1-3H3;8-9H,4-7H2,1-3H3;7-8,10H,4-6H2,1-3H3;/t8-;9-;8-;/m001./s1. The summed E-state index contributed by atoms with van der Waals surface area (Å²) in [5.74, 6) is -1.04. The fraction of sp³-hybridized carbons (Fsp3) is 0.903. The number of ether oxygens (including phenoxy) is 3. The Balaban J connectivity index is -0.000000360. The van der Waals surface area contributed by atoms with Gasteiger partial charge in [0, 0.05) is 10.8 Å². The molecule has 0 fully saturated rings. The Morgan fingerprint density at radius 1 is 0.574 bits per heavy atom. The van der Waals surface area contributed by atoms with Crippen LogP contribution in [0.3, 0.4) is 0 Å². The van der Waals surface area contributed by atoms with Gasteiger partial charge in [0.1, 0.15) is 0 Å². The number of nitro groups is 1. The molecule has 0 aliphatic heterocycles. The molecule has 0 unspecified atom stereocenters. The molecule has 0 rings (SSSR count). The summed E-state index contributed by atoms with van der Waals surface area (Å²) >= 11 is 0. The first kappa shape index (κ1) is 64.5. The predicted molar refractivity (Wildman–Crippen MR) is 194 cm³/mol. The minimum atomic E-state index is -6.85. The van der Waals surface area contributed by atoms with Crippen molar-refractivity contribution in [1.29, 1.82) is 0 Å². The summed E-state index contributed by atoms with van der Waals surface area (Å²) in [4.78, 5) is 43.2. The molecule has 0 bridgehead atoms. The van der Waals surface area contributed by atoms with Crippen molar-refractivity contribution >= 4 is 48.3 Å². The number of aliphatic hydroxyl groups is 1. The van der Waals surface area contributed by atoms with Gasteiger partial charge in [-0.15, -0.1) is 3.63 Å². The summed E-state index contributed by atoms with van der Waals surface area (Å²) in [6.07, 6.45) is -0.887. The molecule has 0 heterocycles. The molecule has 0 saturated carbocycles. The summed E-state index contributed by atoms with van der Waals surface area (Å²) in [7, 11) is -19.4. The lowest BCUT2D eigenvalue weighted by Crippen LogP contribution is -2.34. The van der Waals surface area contributed by atoms with Gasteiger partial charge in [-0.1, -0.05) is 41.5 Å². The van der Waals surface area contributed by atoms with Gasteiger partial charge in [0.2, 0.25) is 6.54 Å². The number of nitrogens with zero attached hydrogens (tertiary/aromatic N) is 1. The van der Waals surface area contributed by atoms with Crippen molar-refractivity contribution in [3.05, 3.63) is 10.1 Å². The molecule has 0 aliphatic rings. The van der Waals surface area contributed by atoms with Crippen LogP contribution in [0.5, 0.6) is 0 Å². The third-order valence-corrected chi connectivity index (χ3v) is 9.81. The first-order chi connectivity index (χ1) is 27.2. The molecule has 0 amide bonds. The van der Waals surface area contributed by atoms with Crippen LogP contribution in [-0.2, 0) is 66.8 Å². The summed E-state index contributed by atoms with van der Waals surface area (Å²) in [6, 6.07) is 0. The van der Waals surface area contributed by atoms with E-state index in [9.17, 15) is 94.4 Å². The van der Waals surface area contributed by atoms with E-state index < -0.39 is 71.5 Å². The lowest BCUT2D eigenvalue weighted by Gasteiger charge is -2.19. The molecule has 0 aromatic carbocycles. The van der Waals surface area contributed by atoms with E-state index in [0.717, 1.165) is 0 Å². The van der Waals surface area contributed by atoms with Gasteiger partial charge in [0.05, 0.1) is 51.3 Å². The lowest BCUT2D eigenvalue weighted by molar-refractivity contribution is -0.488. The van der Waals surface area contributed by atoms with Crippen molar-refractivity contribution in [2.24, 2.45) is 23.7 Å². The lowest BCUT2D eigenvalue weighted by atomic mass is 9.94. The molecule has 3 atom stereocenters. The largest absolute Gasteiger partial charge is 0.524 e. The molecular formula is C31H54F9NO17S3. The maximum Gasteiger partial charge on any atom is 0.524 e. The van der Waals surface area contributed by atoms with E-state index in [-0.39, 0.29) is 61.1 Å². The average Bonchev–Trinajstić information content (AvgIpc) is 2.98. The highest BCUT2D eigenvalue weighted by molar-refractivity contribution is 8.00. The number of alkyl halides is 9. The number of rotatable bonds is 21. The molecule has 0 aliphatic carbocycles. The second kappa shape index (κ2) is 29.3. The van der Waals surface area contributed by atoms with E-state index in [2.05, 4.69) is 8.92 Å². The van der Waals surface area contributed by atoms with E-state index in [1.54, 1.807) is 27.7 Å². The third-order valence-electron chi connectivity index (χ3n) is 6.15. The number of esters is 3. The third kappa shape index (κ3) is 33.2. The summed E-state index contributed by atoms with van der Waals surface area (Å²) in [5.41, 5.74) is -18.0. The summed E-state index contributed by atoms with van der Waals surface area (Å²) in [5, 5.41) is 19.7. The van der Waals surface area contributed by atoms with Crippen LogP contribution >= 0.6 is 0 Å². The highest BCUT2D eigenvalue weighted by atomic mass is 32.3. The topological polar surface area (TPSA) is 263 Å². The maximum atomic E-state index is 12.2. The molecule has 0 saturated heterocycles. The normalized spacial score (nSPS) is 13.9. The monoisotopic (exact) mass is 979 g/mol. The number of hydrogen-bond donors (Lipinski definition) is 1. The van der Waals surface area contributed by atoms with Crippen molar-refractivity contribution in [3.8, 4) is 0 Å². The van der Waals surface area contributed by atoms with E-state index in [4.69, 9.17) is 9.47 Å². The Morgan fingerprint density at radius 3 is 1.20 bits per heavy atom. The van der Waals surface area contributed by atoms with Gasteiger partial charge in [-0.25, -0.2) is 0 Å². The Kier molecular flexibility index (Phi) is 31.0. The Hall–Kier alpha value is -3.09. The second-order valence-electron chi connectivity index (χ2n) is 13.4. The average molecular weight is 980 g/mol. The van der Waals surface area contributed by atoms with Gasteiger partial charge >= 0.3 is 64.8 Å². The van der Waals surface area contributed by atoms with Crippen LogP contribution < -0.4 is 0 Å². The van der Waals surface area contributed by atoms with E-state index >= 15 is 0 Å². The molecule has 61 heavy (non-hydrogen) atoms. The smallest absolute Gasteiger partial charge is 0.466 e. The van der Waals surface area contributed by atoms with Gasteiger partial charge in [-0.3, -0.25) is 28.7 Å². The minimum Gasteiger partial charge on any atom is -0.466 e. The molecule has 30 heteroatoms. The van der Waals surface area contributed by atoms with Gasteiger partial charge in [-0.05, 0) is 57.8 Å². The molecule has 0 radical (unpaired) electrons. The van der Waals surface area contributed by atoms with Crippen LogP contribution in [0.4, 0.5) is 39.5 Å². The highest BCUT2D eigenvalue weighted by Gasteiger charge is 2.57. The summed E-state index contributed by atoms with van der Waals surface area (Å²) < 4.78 is 186. The molecule has 1 N–H and O–H groups in total. The summed E-state index contributed by atoms with van der Waals surface area (Å²) in [6.45, 7) is 16.9. The van der Waals surface area contributed by atoms with Crippen LogP contribution in [-0.4, -0.2) is 108 Å². The van der Waals surface area contributed by atoms with Crippen molar-refractivity contribution in [1.82, 2.24) is 0 Å². The fourth-order valence-electron chi connectivity index (χ4n) is 4.11. The molecule has 0 aromatic rings. The van der Waals surface area contributed by atoms with Crippen LogP contribution in [0.2, 0.25) is 0 Å². The first-order valence-electron chi connectivity index (χ1n) is 17.8. The zero-order valence-corrected chi connectivity index (χ0v) is 37.0. The van der Waals surface area contributed by atoms with Gasteiger partial charge in [0.15, 0.2) is 0 Å². The van der Waals surface area contributed by atoms with E-state index in [0.29, 0.717) is 37.9 Å². The molecule has 18 nitrogen and oxygen atoms in total. The van der Waals surface area contributed by atoms with Crippen molar-refractivity contribution in [2.45, 2.75) is 130 Å². The first-order valence-corrected chi connectivity index (χ1v) is 22.0. The van der Waals surface area contributed by atoms with Crippen LogP contribution in [0.15, 0.2) is 0 Å². The van der Waals surface area contributed by atoms with Crippen LogP contribution in [0.1, 0.15) is 101 Å². The maximum absolute atomic E-state index is 12.2. The number of carbonyl (C=O) groups is 3. The highest BCUT2D eigenvalue weighted by Crippen LogP contribution is 2.32. The van der Waals surface area contributed by atoms with Gasteiger partial charge < -0.3 is 19.3 Å². The quantitative estimate of drug-likeness (QED) is 0.0257. The number of hydrogen-bond acceptors (Lipinski definition) is 17. The van der Waals surface area contributed by atoms with Crippen molar-refractivity contribution in [2.75, 3.05) is 26.4 Å². The second-order valence-corrected chi connectivity index (χ2v) is 18.3. The van der Waals surface area contributed by atoms with Gasteiger partial charge in [0.25, 0.3) is 0 Å². The zero-order valence-electron chi connectivity index (χ0n) is 34.6. The Morgan fingerprint density at radius 2 is 0.902 bits per heavy atom. The van der Waals surface area contributed by atoms with Crippen LogP contribution in [0.25, 0.3) is 0 Å². The number of halogens is 9. The molecule has 0 aromatic heterocycles. The zero-order chi connectivity index (χ0) is 49.4. The number of aliphatic hydroxyl groups excluding tert-OH is 1. The number of carbonyl (C=O) groups excluding carboxylic acids is 3. The van der Waals surface area contributed by atoms with E-state index in [1.807, 2.05) is 31.3 Å². The fourth-order valence-corrected chi connectivity index (χ4v) is 6.29.